The molecule has 0 saturated carbocycles. The van der Waals surface area contributed by atoms with Crippen LogP contribution in [0.2, 0.25) is 0 Å². The summed E-state index contributed by atoms with van der Waals surface area (Å²) in [6, 6.07) is 13.1. The first-order valence-electron chi connectivity index (χ1n) is 12.9. The Labute approximate surface area is 237 Å². The van der Waals surface area contributed by atoms with Crippen molar-refractivity contribution in [3.8, 4) is 0 Å². The first-order chi connectivity index (χ1) is 19.0. The number of carbonyl (C=O) groups is 3. The number of urea groups is 1. The van der Waals surface area contributed by atoms with Crippen molar-refractivity contribution in [2.75, 3.05) is 39.5 Å². The summed E-state index contributed by atoms with van der Waals surface area (Å²) in [6.45, 7) is 2.07. The van der Waals surface area contributed by atoms with Gasteiger partial charge < -0.3 is 15.1 Å². The topological polar surface area (TPSA) is 119 Å². The Morgan fingerprint density at radius 3 is 2.30 bits per heavy atom. The smallest absolute Gasteiger partial charge is 0.323 e. The second kappa shape index (κ2) is 11.1. The highest BCUT2D eigenvalue weighted by atomic mass is 32.2. The fourth-order valence-corrected chi connectivity index (χ4v) is 7.65. The third-order valence-corrected chi connectivity index (χ3v) is 10.2. The Kier molecular flexibility index (Phi) is 7.78. The number of benzene rings is 2. The van der Waals surface area contributed by atoms with Crippen LogP contribution in [0.5, 0.6) is 0 Å². The van der Waals surface area contributed by atoms with Crippen LogP contribution in [-0.4, -0.2) is 74.6 Å². The van der Waals surface area contributed by atoms with Crippen molar-refractivity contribution in [1.29, 1.82) is 0 Å². The second-order valence-corrected chi connectivity index (χ2v) is 13.2. The number of hydrogen-bond donors (Lipinski definition) is 2. The Bertz CT molecular complexity index is 1580. The minimum Gasteiger partial charge on any atom is -0.331 e. The Morgan fingerprint density at radius 1 is 0.900 bits per heavy atom. The van der Waals surface area contributed by atoms with Gasteiger partial charge in [0, 0.05) is 50.7 Å². The molecular weight excluding hydrogens is 550 g/mol. The predicted molar refractivity (Wildman–Crippen MR) is 153 cm³/mol. The van der Waals surface area contributed by atoms with Crippen LogP contribution in [-0.2, 0) is 36.0 Å². The van der Waals surface area contributed by atoms with Crippen LogP contribution in [0.3, 0.4) is 0 Å². The highest BCUT2D eigenvalue weighted by molar-refractivity contribution is 7.89. The van der Waals surface area contributed by atoms with Gasteiger partial charge in [0.1, 0.15) is 5.00 Å². The first-order valence-corrected chi connectivity index (χ1v) is 15.1. The molecule has 0 unspecified atom stereocenters. The SMILES string of the molecule is CN1CCc2c(sc(NC(=O)c3ccc(S(=O)(=O)N4CCc5ccccc5C4)cc3)c2C(=O)NC(=O)N(C)C)C1. The Morgan fingerprint density at radius 2 is 1.60 bits per heavy atom. The summed E-state index contributed by atoms with van der Waals surface area (Å²) < 4.78 is 28.1. The molecule has 2 aliphatic heterocycles. The van der Waals surface area contributed by atoms with Crippen molar-refractivity contribution in [1.82, 2.24) is 19.4 Å². The maximum absolute atomic E-state index is 13.3. The van der Waals surface area contributed by atoms with Crippen molar-refractivity contribution in [2.24, 2.45) is 0 Å². The summed E-state index contributed by atoms with van der Waals surface area (Å²) in [4.78, 5) is 42.9. The number of likely N-dealkylation sites (N-methyl/N-ethyl adjacent to an activating group) is 1. The number of amides is 4. The zero-order valence-electron chi connectivity index (χ0n) is 22.6. The largest absolute Gasteiger partial charge is 0.331 e. The molecule has 210 valence electrons. The van der Waals surface area contributed by atoms with E-state index in [0.29, 0.717) is 43.0 Å². The lowest BCUT2D eigenvalue weighted by Gasteiger charge is -2.28. The van der Waals surface area contributed by atoms with Crippen molar-refractivity contribution in [3.63, 3.8) is 0 Å². The summed E-state index contributed by atoms with van der Waals surface area (Å²) in [5.41, 5.74) is 3.52. The van der Waals surface area contributed by atoms with Gasteiger partial charge in [0.15, 0.2) is 0 Å². The average Bonchev–Trinajstić information content (AvgIpc) is 3.29. The van der Waals surface area contributed by atoms with Crippen molar-refractivity contribution in [3.05, 3.63) is 81.2 Å². The minimum absolute atomic E-state index is 0.111. The molecule has 0 bridgehead atoms. The molecule has 40 heavy (non-hydrogen) atoms. The van der Waals surface area contributed by atoms with Gasteiger partial charge in [0.2, 0.25) is 10.0 Å². The molecule has 0 radical (unpaired) electrons. The number of imide groups is 1. The summed E-state index contributed by atoms with van der Waals surface area (Å²) >= 11 is 1.31. The van der Waals surface area contributed by atoms with Crippen LogP contribution in [0.15, 0.2) is 53.4 Å². The number of sulfonamides is 1. The third-order valence-electron chi connectivity index (χ3n) is 7.18. The van der Waals surface area contributed by atoms with Crippen LogP contribution in [0.4, 0.5) is 9.80 Å². The lowest BCUT2D eigenvalue weighted by molar-refractivity contribution is 0.0956. The predicted octanol–water partition coefficient (Wildman–Crippen LogP) is 3.15. The molecule has 2 aromatic carbocycles. The lowest BCUT2D eigenvalue weighted by Crippen LogP contribution is -2.39. The van der Waals surface area contributed by atoms with E-state index in [1.165, 1.54) is 58.9 Å². The standard InChI is InChI=1S/C28H31N5O5S2/c1-31(2)28(36)30-26(35)24-22-13-14-32(3)17-23(22)39-27(24)29-25(34)19-8-10-21(11-9-19)40(37,38)33-15-12-18-6-4-5-7-20(18)16-33/h4-11H,12-17H2,1-3H3,(H,29,34)(H,30,35,36). The van der Waals surface area contributed by atoms with Crippen molar-refractivity contribution in [2.45, 2.75) is 30.8 Å². The molecule has 0 fully saturated rings. The van der Waals surface area contributed by atoms with E-state index in [9.17, 15) is 22.8 Å². The Hall–Kier alpha value is -3.58. The number of fused-ring (bicyclic) bond motifs is 2. The van der Waals surface area contributed by atoms with E-state index in [-0.39, 0.29) is 10.5 Å². The molecule has 5 rings (SSSR count). The average molecular weight is 582 g/mol. The molecule has 10 nitrogen and oxygen atoms in total. The van der Waals surface area contributed by atoms with Gasteiger partial charge in [-0.3, -0.25) is 14.9 Å². The molecule has 0 aliphatic carbocycles. The molecule has 4 amide bonds. The van der Waals surface area contributed by atoms with E-state index in [1.807, 2.05) is 31.3 Å². The summed E-state index contributed by atoms with van der Waals surface area (Å²) in [5.74, 6) is -1.05. The minimum atomic E-state index is -3.74. The van der Waals surface area contributed by atoms with Crippen LogP contribution in [0, 0.1) is 0 Å². The van der Waals surface area contributed by atoms with Gasteiger partial charge in [-0.15, -0.1) is 11.3 Å². The van der Waals surface area contributed by atoms with Crippen molar-refractivity contribution < 1.29 is 22.8 Å². The second-order valence-electron chi connectivity index (χ2n) is 10.2. The molecular formula is C28H31N5O5S2. The zero-order valence-corrected chi connectivity index (χ0v) is 24.2. The normalized spacial score (nSPS) is 15.6. The summed E-state index contributed by atoms with van der Waals surface area (Å²) in [6.07, 6.45) is 1.26. The molecule has 12 heteroatoms. The van der Waals surface area contributed by atoms with Crippen LogP contribution < -0.4 is 10.6 Å². The number of carbonyl (C=O) groups excluding carboxylic acids is 3. The fourth-order valence-electron chi connectivity index (χ4n) is 4.91. The molecule has 3 heterocycles. The van der Waals surface area contributed by atoms with Gasteiger partial charge in [-0.2, -0.15) is 4.31 Å². The zero-order chi connectivity index (χ0) is 28.6. The van der Waals surface area contributed by atoms with Gasteiger partial charge in [0.25, 0.3) is 11.8 Å². The number of rotatable bonds is 5. The maximum Gasteiger partial charge on any atom is 0.323 e. The quantitative estimate of drug-likeness (QED) is 0.478. The van der Waals surface area contributed by atoms with E-state index in [0.717, 1.165) is 28.1 Å². The highest BCUT2D eigenvalue weighted by Gasteiger charge is 2.30. The van der Waals surface area contributed by atoms with Gasteiger partial charge in [-0.1, -0.05) is 24.3 Å². The highest BCUT2D eigenvalue weighted by Crippen LogP contribution is 2.37. The first kappa shape index (κ1) is 28.0. The summed E-state index contributed by atoms with van der Waals surface area (Å²) in [7, 11) is 1.32. The van der Waals surface area contributed by atoms with E-state index >= 15 is 0 Å². The van der Waals surface area contributed by atoms with Gasteiger partial charge in [0.05, 0.1) is 10.5 Å². The van der Waals surface area contributed by atoms with Crippen LogP contribution in [0.1, 0.15) is 42.3 Å². The number of nitrogens with zero attached hydrogens (tertiary/aromatic N) is 3. The van der Waals surface area contributed by atoms with Gasteiger partial charge in [-0.25, -0.2) is 13.2 Å². The van der Waals surface area contributed by atoms with Gasteiger partial charge in [-0.05, 0) is 60.8 Å². The number of thiophene rings is 1. The number of hydrogen-bond acceptors (Lipinski definition) is 7. The van der Waals surface area contributed by atoms with E-state index in [1.54, 1.807) is 0 Å². The van der Waals surface area contributed by atoms with Crippen LogP contribution >= 0.6 is 11.3 Å². The number of nitrogens with one attached hydrogen (secondary N) is 2. The molecule has 3 aromatic rings. The van der Waals surface area contributed by atoms with E-state index < -0.39 is 27.9 Å². The molecule has 0 atom stereocenters. The van der Waals surface area contributed by atoms with E-state index in [4.69, 9.17) is 0 Å². The molecule has 0 saturated heterocycles. The number of anilines is 1. The lowest BCUT2D eigenvalue weighted by atomic mass is 10.0. The molecule has 0 spiro atoms. The summed E-state index contributed by atoms with van der Waals surface area (Å²) in [5, 5.41) is 5.57. The maximum atomic E-state index is 13.3. The third kappa shape index (κ3) is 5.52. The molecule has 1 aromatic heterocycles. The van der Waals surface area contributed by atoms with Crippen molar-refractivity contribution >= 4 is 44.2 Å². The molecule has 2 N–H and O–H groups in total. The van der Waals surface area contributed by atoms with E-state index in [2.05, 4.69) is 15.5 Å². The monoisotopic (exact) mass is 581 g/mol. The fraction of sp³-hybridized carbons (Fsp3) is 0.321. The van der Waals surface area contributed by atoms with Crippen LogP contribution in [0.25, 0.3) is 0 Å². The molecule has 2 aliphatic rings. The van der Waals surface area contributed by atoms with Gasteiger partial charge >= 0.3 is 6.03 Å². The Balaban J connectivity index is 1.35.